The standard InChI is InChI=1S/C13H13NO4S/c15-12(16)8-11-10(4-6-18-11)13(17)14-5-3-9-2-1-7-19-9/h1-2,4,6-7H,3,5,8H2,(H,14,17)(H,15,16). The summed E-state index contributed by atoms with van der Waals surface area (Å²) >= 11 is 1.64. The first-order valence-corrected chi connectivity index (χ1v) is 6.63. The minimum absolute atomic E-state index is 0.182. The Bertz CT molecular complexity index is 559. The SMILES string of the molecule is O=C(O)Cc1occc1C(=O)NCCc1cccs1. The minimum Gasteiger partial charge on any atom is -0.481 e. The third kappa shape index (κ3) is 3.69. The third-order valence-corrected chi connectivity index (χ3v) is 3.48. The van der Waals surface area contributed by atoms with Gasteiger partial charge in [-0.3, -0.25) is 9.59 Å². The molecule has 0 aromatic carbocycles. The van der Waals surface area contributed by atoms with E-state index in [-0.39, 0.29) is 23.7 Å². The van der Waals surface area contributed by atoms with Crippen LogP contribution < -0.4 is 5.32 Å². The van der Waals surface area contributed by atoms with Gasteiger partial charge in [0.2, 0.25) is 0 Å². The first-order chi connectivity index (χ1) is 9.16. The Morgan fingerprint density at radius 2 is 2.21 bits per heavy atom. The van der Waals surface area contributed by atoms with Crippen LogP contribution in [0, 0.1) is 0 Å². The Morgan fingerprint density at radius 3 is 2.89 bits per heavy atom. The first-order valence-electron chi connectivity index (χ1n) is 5.75. The molecule has 0 aliphatic rings. The molecule has 1 amide bonds. The molecule has 2 N–H and O–H groups in total. The van der Waals surface area contributed by atoms with E-state index in [1.165, 1.54) is 17.2 Å². The number of hydrogen-bond acceptors (Lipinski definition) is 4. The van der Waals surface area contributed by atoms with Crippen LogP contribution in [0.1, 0.15) is 21.0 Å². The van der Waals surface area contributed by atoms with E-state index in [4.69, 9.17) is 9.52 Å². The highest BCUT2D eigenvalue weighted by molar-refractivity contribution is 7.09. The van der Waals surface area contributed by atoms with Crippen LogP contribution in [0.3, 0.4) is 0 Å². The van der Waals surface area contributed by atoms with Gasteiger partial charge in [0.05, 0.1) is 11.8 Å². The second kappa shape index (κ2) is 6.19. The molecule has 0 fully saturated rings. The smallest absolute Gasteiger partial charge is 0.311 e. The summed E-state index contributed by atoms with van der Waals surface area (Å²) in [6.07, 6.45) is 1.79. The fraction of sp³-hybridized carbons (Fsp3) is 0.231. The number of carboxylic acid groups (broad SMARTS) is 1. The Labute approximate surface area is 113 Å². The second-order valence-electron chi connectivity index (χ2n) is 3.91. The maximum Gasteiger partial charge on any atom is 0.311 e. The molecule has 0 aliphatic carbocycles. The van der Waals surface area contributed by atoms with Crippen molar-refractivity contribution < 1.29 is 19.1 Å². The van der Waals surface area contributed by atoms with Gasteiger partial charge >= 0.3 is 5.97 Å². The molecule has 0 saturated heterocycles. The third-order valence-electron chi connectivity index (χ3n) is 2.54. The van der Waals surface area contributed by atoms with Crippen LogP contribution in [-0.2, 0) is 17.6 Å². The molecule has 19 heavy (non-hydrogen) atoms. The van der Waals surface area contributed by atoms with Crippen molar-refractivity contribution in [3.8, 4) is 0 Å². The van der Waals surface area contributed by atoms with E-state index in [9.17, 15) is 9.59 Å². The van der Waals surface area contributed by atoms with Gasteiger partial charge in [-0.1, -0.05) is 6.07 Å². The van der Waals surface area contributed by atoms with Crippen molar-refractivity contribution in [3.05, 3.63) is 46.0 Å². The summed E-state index contributed by atoms with van der Waals surface area (Å²) in [5.74, 6) is -1.15. The summed E-state index contributed by atoms with van der Waals surface area (Å²) in [7, 11) is 0. The largest absolute Gasteiger partial charge is 0.481 e. The number of carbonyl (C=O) groups is 2. The van der Waals surface area contributed by atoms with E-state index in [0.29, 0.717) is 6.54 Å². The maximum atomic E-state index is 11.9. The van der Waals surface area contributed by atoms with E-state index in [0.717, 1.165) is 6.42 Å². The predicted octanol–water partition coefficient (Wildman–Crippen LogP) is 1.94. The molecule has 2 aromatic heterocycles. The zero-order chi connectivity index (χ0) is 13.7. The number of furan rings is 1. The molecule has 0 bridgehead atoms. The molecule has 0 saturated carbocycles. The topological polar surface area (TPSA) is 79.5 Å². The van der Waals surface area contributed by atoms with Crippen molar-refractivity contribution in [2.75, 3.05) is 6.54 Å². The van der Waals surface area contributed by atoms with E-state index in [1.807, 2.05) is 17.5 Å². The number of thiophene rings is 1. The molecule has 0 aliphatic heterocycles. The highest BCUT2D eigenvalue weighted by atomic mass is 32.1. The monoisotopic (exact) mass is 279 g/mol. The van der Waals surface area contributed by atoms with Crippen LogP contribution in [0.25, 0.3) is 0 Å². The van der Waals surface area contributed by atoms with Crippen LogP contribution >= 0.6 is 11.3 Å². The lowest BCUT2D eigenvalue weighted by Gasteiger charge is -2.03. The average Bonchev–Trinajstić information content (AvgIpc) is 2.99. The van der Waals surface area contributed by atoms with Crippen LogP contribution in [0.15, 0.2) is 34.3 Å². The Balaban J connectivity index is 1.89. The number of rotatable bonds is 6. The van der Waals surface area contributed by atoms with Gasteiger partial charge in [-0.2, -0.15) is 0 Å². The molecule has 6 heteroatoms. The molecule has 2 rings (SSSR count). The molecule has 0 atom stereocenters. The molecule has 0 spiro atoms. The van der Waals surface area contributed by atoms with Gasteiger partial charge in [-0.15, -0.1) is 11.3 Å². The van der Waals surface area contributed by atoms with Gasteiger partial charge in [0, 0.05) is 11.4 Å². The highest BCUT2D eigenvalue weighted by Crippen LogP contribution is 2.12. The molecular weight excluding hydrogens is 266 g/mol. The van der Waals surface area contributed by atoms with Gasteiger partial charge in [0.15, 0.2) is 0 Å². The van der Waals surface area contributed by atoms with Gasteiger partial charge in [-0.05, 0) is 23.9 Å². The van der Waals surface area contributed by atoms with Gasteiger partial charge in [-0.25, -0.2) is 0 Å². The predicted molar refractivity (Wildman–Crippen MR) is 70.4 cm³/mol. The number of carboxylic acids is 1. The number of carbonyl (C=O) groups excluding carboxylic acids is 1. The fourth-order valence-corrected chi connectivity index (χ4v) is 2.38. The number of aliphatic carboxylic acids is 1. The molecule has 100 valence electrons. The van der Waals surface area contributed by atoms with Crippen molar-refractivity contribution in [2.24, 2.45) is 0 Å². The quantitative estimate of drug-likeness (QED) is 0.847. The maximum absolute atomic E-state index is 11.9. The van der Waals surface area contributed by atoms with E-state index in [2.05, 4.69) is 5.32 Å². The molecule has 2 aromatic rings. The Morgan fingerprint density at radius 1 is 1.37 bits per heavy atom. The van der Waals surface area contributed by atoms with Crippen molar-refractivity contribution >= 4 is 23.2 Å². The first kappa shape index (κ1) is 13.4. The molecular formula is C13H13NO4S. The van der Waals surface area contributed by atoms with Crippen LogP contribution in [-0.4, -0.2) is 23.5 Å². The lowest BCUT2D eigenvalue weighted by Crippen LogP contribution is -2.26. The van der Waals surface area contributed by atoms with Crippen LogP contribution in [0.5, 0.6) is 0 Å². The van der Waals surface area contributed by atoms with Gasteiger partial charge in [0.1, 0.15) is 12.2 Å². The lowest BCUT2D eigenvalue weighted by atomic mass is 10.2. The lowest BCUT2D eigenvalue weighted by molar-refractivity contribution is -0.136. The summed E-state index contributed by atoms with van der Waals surface area (Å²) in [6, 6.07) is 5.45. The minimum atomic E-state index is -1.03. The van der Waals surface area contributed by atoms with E-state index < -0.39 is 5.97 Å². The number of amides is 1. The average molecular weight is 279 g/mol. The van der Waals surface area contributed by atoms with Gasteiger partial charge < -0.3 is 14.8 Å². The number of nitrogens with one attached hydrogen (secondary N) is 1. The normalized spacial score (nSPS) is 10.3. The van der Waals surface area contributed by atoms with Crippen LogP contribution in [0.2, 0.25) is 0 Å². The summed E-state index contributed by atoms with van der Waals surface area (Å²) in [6.45, 7) is 0.511. The van der Waals surface area contributed by atoms with Crippen LogP contribution in [0.4, 0.5) is 0 Å². The summed E-state index contributed by atoms with van der Waals surface area (Å²) < 4.78 is 5.01. The van der Waals surface area contributed by atoms with E-state index in [1.54, 1.807) is 11.3 Å². The zero-order valence-electron chi connectivity index (χ0n) is 10.1. The fourth-order valence-electron chi connectivity index (χ4n) is 1.67. The number of hydrogen-bond donors (Lipinski definition) is 2. The zero-order valence-corrected chi connectivity index (χ0v) is 10.9. The van der Waals surface area contributed by atoms with Gasteiger partial charge in [0.25, 0.3) is 5.91 Å². The van der Waals surface area contributed by atoms with Crippen molar-refractivity contribution in [1.82, 2.24) is 5.32 Å². The second-order valence-corrected chi connectivity index (χ2v) is 4.95. The summed E-state index contributed by atoms with van der Waals surface area (Å²) in [5, 5.41) is 13.4. The Kier molecular flexibility index (Phi) is 4.35. The summed E-state index contributed by atoms with van der Waals surface area (Å²) in [4.78, 5) is 23.7. The van der Waals surface area contributed by atoms with E-state index >= 15 is 0 Å². The molecule has 2 heterocycles. The van der Waals surface area contributed by atoms with Crippen molar-refractivity contribution in [3.63, 3.8) is 0 Å². The molecule has 5 nitrogen and oxygen atoms in total. The molecule has 0 unspecified atom stereocenters. The van der Waals surface area contributed by atoms with Crippen molar-refractivity contribution in [1.29, 1.82) is 0 Å². The van der Waals surface area contributed by atoms with Crippen molar-refractivity contribution in [2.45, 2.75) is 12.8 Å². The molecule has 0 radical (unpaired) electrons. The Hall–Kier alpha value is -2.08. The summed E-state index contributed by atoms with van der Waals surface area (Å²) in [5.41, 5.74) is 0.286. The highest BCUT2D eigenvalue weighted by Gasteiger charge is 2.16.